The Morgan fingerprint density at radius 2 is 1.60 bits per heavy atom. The first kappa shape index (κ1) is 22.1. The van der Waals surface area contributed by atoms with E-state index < -0.39 is 5.41 Å². The molecule has 1 aromatic heterocycles. The highest BCUT2D eigenvalue weighted by Gasteiger charge is 2.32. The summed E-state index contributed by atoms with van der Waals surface area (Å²) in [6.45, 7) is 14.7. The Morgan fingerprint density at radius 1 is 0.967 bits per heavy atom. The third-order valence-electron chi connectivity index (χ3n) is 5.52. The summed E-state index contributed by atoms with van der Waals surface area (Å²) in [6.07, 6.45) is 0. The lowest BCUT2D eigenvalue weighted by Crippen LogP contribution is -2.48. The number of rotatable bonds is 5. The Balaban J connectivity index is 2.12. The lowest BCUT2D eigenvalue weighted by molar-refractivity contribution is -0.127. The summed E-state index contributed by atoms with van der Waals surface area (Å²) in [6, 6.07) is 14.9. The molecule has 0 saturated carbocycles. The van der Waals surface area contributed by atoms with Crippen molar-refractivity contribution >= 4 is 16.8 Å². The number of carbonyl (C=O) groups excluding carboxylic acids is 1. The molecule has 1 heterocycles. The average Bonchev–Trinajstić information content (AvgIpc) is 2.98. The van der Waals surface area contributed by atoms with E-state index in [4.69, 9.17) is 0 Å². The molecule has 0 fully saturated rings. The van der Waals surface area contributed by atoms with Gasteiger partial charge in [-0.25, -0.2) is 0 Å². The predicted molar refractivity (Wildman–Crippen MR) is 125 cm³/mol. The minimum absolute atomic E-state index is 0.0127. The number of nitrogens with one attached hydrogen (secondary N) is 1. The second-order valence-corrected chi connectivity index (χ2v) is 9.88. The van der Waals surface area contributed by atoms with Gasteiger partial charge in [-0.1, -0.05) is 23.3 Å². The lowest BCUT2D eigenvalue weighted by atomic mass is 9.82. The second kappa shape index (κ2) is 7.92. The molecule has 0 unspecified atom stereocenters. The van der Waals surface area contributed by atoms with Gasteiger partial charge >= 0.3 is 0 Å². The smallest absolute Gasteiger partial charge is 0.230 e. The molecule has 3 aromatic rings. The second-order valence-electron chi connectivity index (χ2n) is 9.88. The first-order valence-electron chi connectivity index (χ1n) is 10.6. The van der Waals surface area contributed by atoms with Crippen LogP contribution in [0, 0.1) is 13.8 Å². The molecule has 0 radical (unpaired) electrons. The van der Waals surface area contributed by atoms with E-state index in [1.165, 1.54) is 11.1 Å². The number of amides is 1. The van der Waals surface area contributed by atoms with Crippen LogP contribution in [0.4, 0.5) is 0 Å². The number of aliphatic hydroxyl groups is 1. The van der Waals surface area contributed by atoms with E-state index >= 15 is 0 Å². The molecule has 0 saturated heterocycles. The van der Waals surface area contributed by atoms with Crippen LogP contribution in [0.3, 0.4) is 0 Å². The van der Waals surface area contributed by atoms with Gasteiger partial charge in [-0.15, -0.1) is 0 Å². The van der Waals surface area contributed by atoms with Crippen molar-refractivity contribution in [3.8, 4) is 11.3 Å². The third-order valence-corrected chi connectivity index (χ3v) is 5.52. The number of carbonyl (C=O) groups is 1. The number of nitrogens with zero attached hydrogens (tertiary/aromatic N) is 1. The zero-order chi connectivity index (χ0) is 22.3. The van der Waals surface area contributed by atoms with Crippen molar-refractivity contribution in [3.63, 3.8) is 0 Å². The SMILES string of the molecule is Cc1cc(C)cc(-c2cc3cc(C(C)(C)C(=O)NC(C)(C)C)ccc3n2CCO)c1. The van der Waals surface area contributed by atoms with E-state index in [0.717, 1.165) is 27.7 Å². The Bertz CT molecular complexity index is 1060. The Kier molecular flexibility index (Phi) is 5.83. The van der Waals surface area contributed by atoms with Gasteiger partial charge in [0, 0.05) is 28.7 Å². The quantitative estimate of drug-likeness (QED) is 0.619. The van der Waals surface area contributed by atoms with Crippen molar-refractivity contribution in [1.82, 2.24) is 9.88 Å². The normalized spacial score (nSPS) is 12.4. The van der Waals surface area contributed by atoms with Gasteiger partial charge in [-0.3, -0.25) is 4.79 Å². The van der Waals surface area contributed by atoms with E-state index in [-0.39, 0.29) is 18.1 Å². The fourth-order valence-corrected chi connectivity index (χ4v) is 3.99. The Labute approximate surface area is 179 Å². The van der Waals surface area contributed by atoms with E-state index in [1.54, 1.807) is 0 Å². The summed E-state index contributed by atoms with van der Waals surface area (Å²) < 4.78 is 2.16. The van der Waals surface area contributed by atoms with Crippen LogP contribution >= 0.6 is 0 Å². The monoisotopic (exact) mass is 406 g/mol. The van der Waals surface area contributed by atoms with Crippen molar-refractivity contribution in [2.24, 2.45) is 0 Å². The third kappa shape index (κ3) is 4.44. The molecule has 160 valence electrons. The van der Waals surface area contributed by atoms with Crippen molar-refractivity contribution in [2.45, 2.75) is 66.0 Å². The number of benzene rings is 2. The number of hydrogen-bond acceptors (Lipinski definition) is 2. The van der Waals surface area contributed by atoms with Gasteiger partial charge in [0.25, 0.3) is 0 Å². The summed E-state index contributed by atoms with van der Waals surface area (Å²) in [5, 5.41) is 13.8. The predicted octanol–water partition coefficient (Wildman–Crippen LogP) is 5.11. The molecule has 0 aliphatic rings. The summed E-state index contributed by atoms with van der Waals surface area (Å²) in [5.41, 5.74) is 5.76. The highest BCUT2D eigenvalue weighted by atomic mass is 16.3. The average molecular weight is 407 g/mol. The number of aryl methyl sites for hydroxylation is 2. The molecule has 0 bridgehead atoms. The molecule has 4 heteroatoms. The van der Waals surface area contributed by atoms with Crippen LogP contribution < -0.4 is 5.32 Å². The fourth-order valence-electron chi connectivity index (χ4n) is 3.99. The van der Waals surface area contributed by atoms with Crippen molar-refractivity contribution < 1.29 is 9.90 Å². The van der Waals surface area contributed by atoms with Crippen LogP contribution in [0.15, 0.2) is 42.5 Å². The van der Waals surface area contributed by atoms with Gasteiger partial charge in [0.1, 0.15) is 0 Å². The maximum atomic E-state index is 12.9. The molecular weight excluding hydrogens is 372 g/mol. The van der Waals surface area contributed by atoms with E-state index in [0.29, 0.717) is 6.54 Å². The fraction of sp³-hybridized carbons (Fsp3) is 0.423. The first-order valence-corrected chi connectivity index (χ1v) is 10.6. The molecule has 4 nitrogen and oxygen atoms in total. The Morgan fingerprint density at radius 3 is 2.17 bits per heavy atom. The molecular formula is C26H34N2O2. The van der Waals surface area contributed by atoms with Gasteiger partial charge < -0.3 is 15.0 Å². The number of aromatic nitrogens is 1. The summed E-state index contributed by atoms with van der Waals surface area (Å²) in [5.74, 6) is 0.0127. The maximum Gasteiger partial charge on any atom is 0.230 e. The van der Waals surface area contributed by atoms with E-state index in [2.05, 4.69) is 60.1 Å². The van der Waals surface area contributed by atoms with Gasteiger partial charge in [-0.05, 0) is 89.9 Å². The minimum Gasteiger partial charge on any atom is -0.395 e. The number of fused-ring (bicyclic) bond motifs is 1. The van der Waals surface area contributed by atoms with Crippen molar-refractivity contribution in [2.75, 3.05) is 6.61 Å². The molecule has 30 heavy (non-hydrogen) atoms. The van der Waals surface area contributed by atoms with Crippen LogP contribution in [0.2, 0.25) is 0 Å². The molecule has 0 aliphatic heterocycles. The van der Waals surface area contributed by atoms with Crippen LogP contribution in [-0.2, 0) is 16.8 Å². The highest BCUT2D eigenvalue weighted by molar-refractivity contribution is 5.92. The molecule has 1 amide bonds. The van der Waals surface area contributed by atoms with Crippen LogP contribution in [0.25, 0.3) is 22.2 Å². The largest absolute Gasteiger partial charge is 0.395 e. The molecule has 0 aliphatic carbocycles. The number of aliphatic hydroxyl groups excluding tert-OH is 1. The van der Waals surface area contributed by atoms with Gasteiger partial charge in [0.15, 0.2) is 0 Å². The summed E-state index contributed by atoms with van der Waals surface area (Å²) in [4.78, 5) is 12.9. The summed E-state index contributed by atoms with van der Waals surface area (Å²) in [7, 11) is 0. The van der Waals surface area contributed by atoms with Crippen LogP contribution in [-0.4, -0.2) is 27.7 Å². The molecule has 2 aromatic carbocycles. The molecule has 2 N–H and O–H groups in total. The summed E-state index contributed by atoms with van der Waals surface area (Å²) >= 11 is 0. The Hall–Kier alpha value is -2.59. The zero-order valence-electron chi connectivity index (χ0n) is 19.3. The molecule has 3 rings (SSSR count). The maximum absolute atomic E-state index is 12.9. The molecule has 0 spiro atoms. The zero-order valence-corrected chi connectivity index (χ0v) is 19.3. The van der Waals surface area contributed by atoms with Gasteiger partial charge in [0.2, 0.25) is 5.91 Å². The van der Waals surface area contributed by atoms with E-state index in [1.807, 2.05) is 40.7 Å². The van der Waals surface area contributed by atoms with Crippen LogP contribution in [0.5, 0.6) is 0 Å². The minimum atomic E-state index is -0.652. The molecule has 0 atom stereocenters. The van der Waals surface area contributed by atoms with Gasteiger partial charge in [-0.2, -0.15) is 0 Å². The highest BCUT2D eigenvalue weighted by Crippen LogP contribution is 2.33. The standard InChI is InChI=1S/C26H34N2O2/c1-17-12-18(2)14-19(13-17)23-16-20-15-21(8-9-22(20)28(23)10-11-29)26(6,7)24(30)27-25(3,4)5/h8-9,12-16,29H,10-11H2,1-7H3,(H,27,30). The van der Waals surface area contributed by atoms with Crippen molar-refractivity contribution in [1.29, 1.82) is 0 Å². The van der Waals surface area contributed by atoms with Gasteiger partial charge in [0.05, 0.1) is 12.0 Å². The van der Waals surface area contributed by atoms with Crippen molar-refractivity contribution in [3.05, 3.63) is 59.2 Å². The topological polar surface area (TPSA) is 54.3 Å². The first-order chi connectivity index (χ1) is 13.9. The van der Waals surface area contributed by atoms with E-state index in [9.17, 15) is 9.90 Å². The lowest BCUT2D eigenvalue weighted by Gasteiger charge is -2.30. The van der Waals surface area contributed by atoms with Crippen LogP contribution in [0.1, 0.15) is 51.3 Å². The number of hydrogen-bond donors (Lipinski definition) is 2.